The van der Waals surface area contributed by atoms with Crippen molar-refractivity contribution in [3.63, 3.8) is 0 Å². The molecule has 2 N–H and O–H groups in total. The molecule has 2 aromatic carbocycles. The fraction of sp³-hybridized carbons (Fsp3) is 0.316. The Morgan fingerprint density at radius 2 is 1.72 bits per heavy atom. The maximum Gasteiger partial charge on any atom is 0.237 e. The van der Waals surface area contributed by atoms with E-state index in [4.69, 9.17) is 0 Å². The molecule has 6 heteroatoms. The third kappa shape index (κ3) is 2.81. The van der Waals surface area contributed by atoms with Crippen molar-refractivity contribution < 1.29 is 23.8 Å². The topological polar surface area (TPSA) is 60.8 Å². The van der Waals surface area contributed by atoms with Gasteiger partial charge in [-0.05, 0) is 43.2 Å². The summed E-state index contributed by atoms with van der Waals surface area (Å²) >= 11 is 0. The Kier molecular flexibility index (Phi) is 4.34. The Balaban J connectivity index is 2.19. The van der Waals surface area contributed by atoms with E-state index in [2.05, 4.69) is 0 Å². The summed E-state index contributed by atoms with van der Waals surface area (Å²) in [5.74, 6) is -1.94. The average molecular weight is 347 g/mol. The van der Waals surface area contributed by atoms with Crippen LogP contribution in [0.15, 0.2) is 42.5 Å². The van der Waals surface area contributed by atoms with Crippen molar-refractivity contribution >= 4 is 11.6 Å². The lowest BCUT2D eigenvalue weighted by Crippen LogP contribution is -2.44. The molecule has 1 aliphatic rings. The van der Waals surface area contributed by atoms with E-state index in [1.807, 2.05) is 6.07 Å². The highest BCUT2D eigenvalue weighted by molar-refractivity contribution is 6.08. The molecule has 0 unspecified atom stereocenters. The first-order valence-electron chi connectivity index (χ1n) is 7.95. The Hall–Kier alpha value is -2.31. The van der Waals surface area contributed by atoms with Gasteiger partial charge in [-0.3, -0.25) is 4.79 Å². The van der Waals surface area contributed by atoms with Crippen LogP contribution in [-0.2, 0) is 10.2 Å². The van der Waals surface area contributed by atoms with Crippen LogP contribution in [0, 0.1) is 11.6 Å². The molecule has 0 fully saturated rings. The van der Waals surface area contributed by atoms with Crippen molar-refractivity contribution in [1.82, 2.24) is 0 Å². The molecule has 4 nitrogen and oxygen atoms in total. The van der Waals surface area contributed by atoms with E-state index in [1.54, 1.807) is 32.0 Å². The molecule has 1 heterocycles. The number of carbonyl (C=O) groups excluding carboxylic acids is 1. The van der Waals surface area contributed by atoms with Gasteiger partial charge in [-0.2, -0.15) is 0 Å². The lowest BCUT2D eigenvalue weighted by Gasteiger charge is -2.33. The number of rotatable bonds is 4. The van der Waals surface area contributed by atoms with Crippen molar-refractivity contribution in [2.24, 2.45) is 0 Å². The van der Waals surface area contributed by atoms with Crippen molar-refractivity contribution in [3.8, 4) is 0 Å². The van der Waals surface area contributed by atoms with Crippen LogP contribution in [-0.4, -0.2) is 28.8 Å². The minimum absolute atomic E-state index is 0.0832. The number of hydrogen-bond donors (Lipinski definition) is 2. The van der Waals surface area contributed by atoms with Crippen molar-refractivity contribution in [2.45, 2.75) is 31.4 Å². The van der Waals surface area contributed by atoms with Gasteiger partial charge in [-0.15, -0.1) is 0 Å². The summed E-state index contributed by atoms with van der Waals surface area (Å²) in [7, 11) is 0. The Morgan fingerprint density at radius 3 is 2.32 bits per heavy atom. The lowest BCUT2D eigenvalue weighted by atomic mass is 9.86. The number of halogens is 2. The molecule has 0 radical (unpaired) electrons. The van der Waals surface area contributed by atoms with E-state index in [0.717, 1.165) is 23.8 Å². The number of nitrogens with zero attached hydrogens (tertiary/aromatic N) is 1. The summed E-state index contributed by atoms with van der Waals surface area (Å²) in [6.45, 7) is 2.85. The number of aliphatic hydroxyl groups excluding tert-OH is 2. The molecule has 0 aromatic heterocycles. The van der Waals surface area contributed by atoms with Gasteiger partial charge in [0.05, 0.1) is 18.1 Å². The predicted octanol–water partition coefficient (Wildman–Crippen LogP) is 2.68. The van der Waals surface area contributed by atoms with Crippen LogP contribution in [0.25, 0.3) is 0 Å². The first kappa shape index (κ1) is 17.5. The summed E-state index contributed by atoms with van der Waals surface area (Å²) in [5, 5.41) is 19.8. The molecule has 1 amide bonds. The second-order valence-electron chi connectivity index (χ2n) is 6.71. The SMILES string of the molecule is CC1(C)C(=O)N([C@@H](c2cc(F)cc(F)c2)[C@H](O)CO)c2ccccc21. The number of para-hydroxylation sites is 1. The Labute approximate surface area is 144 Å². The first-order valence-corrected chi connectivity index (χ1v) is 7.95. The number of aliphatic hydroxyl groups is 2. The van der Waals surface area contributed by atoms with Gasteiger partial charge in [0.2, 0.25) is 5.91 Å². The third-order valence-corrected chi connectivity index (χ3v) is 4.65. The second-order valence-corrected chi connectivity index (χ2v) is 6.71. The minimum atomic E-state index is -1.40. The van der Waals surface area contributed by atoms with E-state index < -0.39 is 35.8 Å². The van der Waals surface area contributed by atoms with Crippen LogP contribution in [0.3, 0.4) is 0 Å². The van der Waals surface area contributed by atoms with Gasteiger partial charge in [0.15, 0.2) is 0 Å². The Morgan fingerprint density at radius 1 is 1.12 bits per heavy atom. The zero-order valence-electron chi connectivity index (χ0n) is 13.9. The molecule has 0 saturated heterocycles. The highest BCUT2D eigenvalue weighted by Gasteiger charge is 2.48. The predicted molar refractivity (Wildman–Crippen MR) is 89.1 cm³/mol. The van der Waals surface area contributed by atoms with E-state index in [-0.39, 0.29) is 11.5 Å². The molecule has 2 aromatic rings. The van der Waals surface area contributed by atoms with Crippen molar-refractivity contribution in [1.29, 1.82) is 0 Å². The largest absolute Gasteiger partial charge is 0.394 e. The van der Waals surface area contributed by atoms with Gasteiger partial charge in [-0.1, -0.05) is 18.2 Å². The van der Waals surface area contributed by atoms with E-state index >= 15 is 0 Å². The van der Waals surface area contributed by atoms with Crippen LogP contribution >= 0.6 is 0 Å². The van der Waals surface area contributed by atoms with Crippen LogP contribution in [0.4, 0.5) is 14.5 Å². The van der Waals surface area contributed by atoms with E-state index in [9.17, 15) is 23.8 Å². The zero-order valence-corrected chi connectivity index (χ0v) is 13.9. The van der Waals surface area contributed by atoms with Gasteiger partial charge in [0, 0.05) is 11.8 Å². The minimum Gasteiger partial charge on any atom is -0.394 e. The second kappa shape index (κ2) is 6.20. The number of carbonyl (C=O) groups is 1. The Bertz CT molecular complexity index is 802. The maximum absolute atomic E-state index is 13.7. The van der Waals surface area contributed by atoms with Gasteiger partial charge in [0.25, 0.3) is 0 Å². The summed E-state index contributed by atoms with van der Waals surface area (Å²) in [6.07, 6.45) is -1.40. The van der Waals surface area contributed by atoms with Crippen LogP contribution in [0.1, 0.15) is 31.0 Å². The average Bonchev–Trinajstić information content (AvgIpc) is 2.75. The van der Waals surface area contributed by atoms with Crippen LogP contribution in [0.5, 0.6) is 0 Å². The summed E-state index contributed by atoms with van der Waals surface area (Å²) in [6, 6.07) is 8.81. The molecule has 0 bridgehead atoms. The molecule has 2 atom stereocenters. The van der Waals surface area contributed by atoms with E-state index in [0.29, 0.717) is 5.69 Å². The fourth-order valence-electron chi connectivity index (χ4n) is 3.40. The monoisotopic (exact) mass is 347 g/mol. The molecular formula is C19H19F2NO3. The van der Waals surface area contributed by atoms with Gasteiger partial charge >= 0.3 is 0 Å². The molecule has 0 spiro atoms. The van der Waals surface area contributed by atoms with Gasteiger partial charge in [0.1, 0.15) is 17.7 Å². The van der Waals surface area contributed by atoms with E-state index in [1.165, 1.54) is 4.90 Å². The smallest absolute Gasteiger partial charge is 0.237 e. The molecule has 1 aliphatic heterocycles. The maximum atomic E-state index is 13.7. The molecule has 0 saturated carbocycles. The summed E-state index contributed by atoms with van der Waals surface area (Å²) in [4.78, 5) is 14.4. The number of benzene rings is 2. The van der Waals surface area contributed by atoms with Crippen LogP contribution in [0.2, 0.25) is 0 Å². The zero-order chi connectivity index (χ0) is 18.4. The number of anilines is 1. The molecule has 0 aliphatic carbocycles. The van der Waals surface area contributed by atoms with Crippen molar-refractivity contribution in [2.75, 3.05) is 11.5 Å². The van der Waals surface area contributed by atoms with Crippen LogP contribution < -0.4 is 4.90 Å². The summed E-state index contributed by atoms with van der Waals surface area (Å²) in [5.41, 5.74) is 0.544. The molecular weight excluding hydrogens is 328 g/mol. The lowest BCUT2D eigenvalue weighted by molar-refractivity contribution is -0.123. The highest BCUT2D eigenvalue weighted by atomic mass is 19.1. The number of fused-ring (bicyclic) bond motifs is 1. The first-order chi connectivity index (χ1) is 11.8. The quantitative estimate of drug-likeness (QED) is 0.894. The van der Waals surface area contributed by atoms with Gasteiger partial charge < -0.3 is 15.1 Å². The molecule has 132 valence electrons. The molecule has 3 rings (SSSR count). The summed E-state index contributed by atoms with van der Waals surface area (Å²) < 4.78 is 27.4. The number of amides is 1. The standard InChI is InChI=1S/C19H19F2NO3/c1-19(2)14-5-3-4-6-15(14)22(18(19)25)17(16(24)10-23)11-7-12(20)9-13(21)8-11/h3-9,16-17,23-24H,10H2,1-2H3/t16-,17+/m1/s1. The third-order valence-electron chi connectivity index (χ3n) is 4.65. The normalized spacial score (nSPS) is 18.2. The fourth-order valence-corrected chi connectivity index (χ4v) is 3.40. The van der Waals surface area contributed by atoms with Gasteiger partial charge in [-0.25, -0.2) is 8.78 Å². The van der Waals surface area contributed by atoms with Crippen molar-refractivity contribution in [3.05, 3.63) is 65.2 Å². The highest BCUT2D eigenvalue weighted by Crippen LogP contribution is 2.46. The molecule has 25 heavy (non-hydrogen) atoms. The number of hydrogen-bond acceptors (Lipinski definition) is 3.